The molecule has 1 aromatic heterocycles. The number of furan rings is 1. The van der Waals surface area contributed by atoms with Crippen LogP contribution in [0.15, 0.2) is 174 Å². The van der Waals surface area contributed by atoms with Crippen molar-refractivity contribution in [3.8, 4) is 22.3 Å². The third-order valence-electron chi connectivity index (χ3n) is 11.2. The van der Waals surface area contributed by atoms with Crippen molar-refractivity contribution in [3.05, 3.63) is 175 Å². The summed E-state index contributed by atoms with van der Waals surface area (Å²) in [6.07, 6.45) is 6.49. The Morgan fingerprint density at radius 2 is 1.10 bits per heavy atom. The molecule has 0 atom stereocenters. The van der Waals surface area contributed by atoms with E-state index in [0.29, 0.717) is 5.92 Å². The molecule has 0 radical (unpaired) electrons. The van der Waals surface area contributed by atoms with Gasteiger partial charge in [-0.2, -0.15) is 0 Å². The molecule has 0 unspecified atom stereocenters. The van der Waals surface area contributed by atoms with Gasteiger partial charge >= 0.3 is 0 Å². The standard InChI is InChI=1S/C50H39NO/c1-2-14-35(15-3-1)42-26-12-18-36-19-13-27-46(50(36)42)43-23-6-8-28-47(43)51(39-30-31-45-44-24-7-9-29-48(44)52-49(45)33-39)38-21-10-20-37(32-38)41-25-11-17-34-16-4-5-22-40(34)41/h4-13,16-33,35H,1-3,14-15H2. The van der Waals surface area contributed by atoms with E-state index in [1.807, 2.05) is 6.07 Å². The highest BCUT2D eigenvalue weighted by Gasteiger charge is 2.23. The highest BCUT2D eigenvalue weighted by molar-refractivity contribution is 6.07. The number of anilines is 3. The predicted molar refractivity (Wildman–Crippen MR) is 220 cm³/mol. The Labute approximate surface area is 304 Å². The number of fused-ring (bicyclic) bond motifs is 5. The van der Waals surface area contributed by atoms with Crippen molar-refractivity contribution in [3.63, 3.8) is 0 Å². The summed E-state index contributed by atoms with van der Waals surface area (Å²) in [5.74, 6) is 0.592. The van der Waals surface area contributed by atoms with E-state index in [0.717, 1.165) is 39.0 Å². The minimum absolute atomic E-state index is 0.592. The van der Waals surface area contributed by atoms with Gasteiger partial charge in [-0.3, -0.25) is 0 Å². The highest BCUT2D eigenvalue weighted by Crippen LogP contribution is 2.47. The highest BCUT2D eigenvalue weighted by atomic mass is 16.3. The lowest BCUT2D eigenvalue weighted by atomic mass is 9.80. The third-order valence-corrected chi connectivity index (χ3v) is 11.2. The smallest absolute Gasteiger partial charge is 0.137 e. The zero-order valence-corrected chi connectivity index (χ0v) is 29.1. The molecule has 250 valence electrons. The van der Waals surface area contributed by atoms with E-state index in [2.05, 4.69) is 169 Å². The lowest BCUT2D eigenvalue weighted by Gasteiger charge is -2.29. The largest absolute Gasteiger partial charge is 0.456 e. The predicted octanol–water partition coefficient (Wildman–Crippen LogP) is 14.7. The van der Waals surface area contributed by atoms with Gasteiger partial charge in [-0.05, 0) is 99.0 Å². The molecule has 52 heavy (non-hydrogen) atoms. The van der Waals surface area contributed by atoms with Crippen LogP contribution in [-0.2, 0) is 0 Å². The van der Waals surface area contributed by atoms with E-state index in [1.54, 1.807) is 0 Å². The van der Waals surface area contributed by atoms with Crippen molar-refractivity contribution in [2.24, 2.45) is 0 Å². The molecule has 0 aliphatic heterocycles. The minimum atomic E-state index is 0.592. The van der Waals surface area contributed by atoms with Gasteiger partial charge in [0.25, 0.3) is 0 Å². The first-order valence-corrected chi connectivity index (χ1v) is 18.7. The molecule has 2 nitrogen and oxygen atoms in total. The van der Waals surface area contributed by atoms with Gasteiger partial charge in [-0.1, -0.05) is 147 Å². The Bertz CT molecular complexity index is 2740. The summed E-state index contributed by atoms with van der Waals surface area (Å²) < 4.78 is 6.49. The maximum Gasteiger partial charge on any atom is 0.137 e. The summed E-state index contributed by atoms with van der Waals surface area (Å²) in [6.45, 7) is 0. The molecule has 2 heteroatoms. The fourth-order valence-corrected chi connectivity index (χ4v) is 8.82. The monoisotopic (exact) mass is 669 g/mol. The molecular formula is C50H39NO. The first-order valence-electron chi connectivity index (χ1n) is 18.7. The summed E-state index contributed by atoms with van der Waals surface area (Å²) >= 11 is 0. The van der Waals surface area contributed by atoms with Gasteiger partial charge in [0, 0.05) is 33.8 Å². The zero-order valence-electron chi connectivity index (χ0n) is 29.1. The number of hydrogen-bond donors (Lipinski definition) is 0. The second-order valence-electron chi connectivity index (χ2n) is 14.3. The van der Waals surface area contributed by atoms with Crippen LogP contribution in [0.5, 0.6) is 0 Å². The van der Waals surface area contributed by atoms with E-state index in [-0.39, 0.29) is 0 Å². The average Bonchev–Trinajstić information content (AvgIpc) is 3.59. The van der Waals surface area contributed by atoms with Crippen LogP contribution in [0.25, 0.3) is 65.7 Å². The first kappa shape index (κ1) is 30.7. The maximum absolute atomic E-state index is 6.49. The van der Waals surface area contributed by atoms with Gasteiger partial charge < -0.3 is 9.32 Å². The fraction of sp³-hybridized carbons (Fsp3) is 0.120. The molecule has 8 aromatic carbocycles. The van der Waals surface area contributed by atoms with Crippen molar-refractivity contribution in [2.45, 2.75) is 38.0 Å². The summed E-state index contributed by atoms with van der Waals surface area (Å²) in [4.78, 5) is 2.43. The van der Waals surface area contributed by atoms with Crippen LogP contribution in [0.1, 0.15) is 43.6 Å². The molecule has 1 heterocycles. The molecule has 9 aromatic rings. The Morgan fingerprint density at radius 3 is 2.00 bits per heavy atom. The van der Waals surface area contributed by atoms with Gasteiger partial charge in [-0.25, -0.2) is 0 Å². The van der Waals surface area contributed by atoms with Crippen LogP contribution in [-0.4, -0.2) is 0 Å². The molecule has 10 rings (SSSR count). The fourth-order valence-electron chi connectivity index (χ4n) is 8.82. The van der Waals surface area contributed by atoms with Gasteiger partial charge in [0.2, 0.25) is 0 Å². The second-order valence-corrected chi connectivity index (χ2v) is 14.3. The van der Waals surface area contributed by atoms with E-state index in [9.17, 15) is 0 Å². The first-order chi connectivity index (χ1) is 25.8. The maximum atomic E-state index is 6.49. The number of para-hydroxylation sites is 2. The Balaban J connectivity index is 1.21. The van der Waals surface area contributed by atoms with Crippen LogP contribution in [0, 0.1) is 0 Å². The summed E-state index contributed by atoms with van der Waals surface area (Å²) in [5.41, 5.74) is 11.5. The lowest BCUT2D eigenvalue weighted by molar-refractivity contribution is 0.445. The van der Waals surface area contributed by atoms with E-state index in [4.69, 9.17) is 4.42 Å². The van der Waals surface area contributed by atoms with Crippen LogP contribution in [0.2, 0.25) is 0 Å². The molecule has 0 spiro atoms. The van der Waals surface area contributed by atoms with E-state index < -0.39 is 0 Å². The average molecular weight is 670 g/mol. The van der Waals surface area contributed by atoms with Crippen molar-refractivity contribution >= 4 is 60.5 Å². The van der Waals surface area contributed by atoms with Gasteiger partial charge in [0.05, 0.1) is 5.69 Å². The summed E-state index contributed by atoms with van der Waals surface area (Å²) in [7, 11) is 0. The van der Waals surface area contributed by atoms with Crippen molar-refractivity contribution in [1.82, 2.24) is 0 Å². The molecule has 1 fully saturated rings. The number of benzene rings is 8. The molecular weight excluding hydrogens is 631 g/mol. The number of rotatable bonds is 6. The molecule has 1 aliphatic carbocycles. The second kappa shape index (κ2) is 12.9. The number of hydrogen-bond acceptors (Lipinski definition) is 2. The van der Waals surface area contributed by atoms with Crippen LogP contribution in [0.3, 0.4) is 0 Å². The van der Waals surface area contributed by atoms with Gasteiger partial charge in [-0.15, -0.1) is 0 Å². The SMILES string of the molecule is c1cc(-c2cccc3ccccc23)cc(N(c2ccc3c(c2)oc2ccccc23)c2ccccc2-c2cccc3cccc(C4CCCCC4)c23)c1. The Morgan fingerprint density at radius 1 is 0.442 bits per heavy atom. The van der Waals surface area contributed by atoms with Crippen molar-refractivity contribution in [2.75, 3.05) is 4.90 Å². The van der Waals surface area contributed by atoms with E-state index in [1.165, 1.54) is 81.5 Å². The van der Waals surface area contributed by atoms with Crippen molar-refractivity contribution < 1.29 is 4.42 Å². The molecule has 1 aliphatic rings. The normalized spacial score (nSPS) is 13.7. The quantitative estimate of drug-likeness (QED) is 0.175. The molecule has 0 saturated heterocycles. The molecule has 1 saturated carbocycles. The van der Waals surface area contributed by atoms with Crippen LogP contribution in [0.4, 0.5) is 17.1 Å². The van der Waals surface area contributed by atoms with Crippen molar-refractivity contribution in [1.29, 1.82) is 0 Å². The zero-order chi connectivity index (χ0) is 34.4. The molecule has 0 N–H and O–H groups in total. The lowest BCUT2D eigenvalue weighted by Crippen LogP contribution is -2.11. The van der Waals surface area contributed by atoms with Crippen LogP contribution >= 0.6 is 0 Å². The topological polar surface area (TPSA) is 16.4 Å². The molecule has 0 bridgehead atoms. The minimum Gasteiger partial charge on any atom is -0.456 e. The molecule has 0 amide bonds. The van der Waals surface area contributed by atoms with Crippen LogP contribution < -0.4 is 4.90 Å². The van der Waals surface area contributed by atoms with Gasteiger partial charge in [0.15, 0.2) is 0 Å². The Kier molecular flexibility index (Phi) is 7.61. The third kappa shape index (κ3) is 5.26. The number of nitrogens with zero attached hydrogens (tertiary/aromatic N) is 1. The van der Waals surface area contributed by atoms with E-state index >= 15 is 0 Å². The summed E-state index contributed by atoms with van der Waals surface area (Å²) in [6, 6.07) is 62.0. The summed E-state index contributed by atoms with van der Waals surface area (Å²) in [5, 5.41) is 7.46. The van der Waals surface area contributed by atoms with Gasteiger partial charge in [0.1, 0.15) is 11.2 Å². The Hall–Kier alpha value is -6.12.